The lowest BCUT2D eigenvalue weighted by molar-refractivity contribution is -0.122. The molecule has 6 heteroatoms. The second-order valence-corrected chi connectivity index (χ2v) is 6.97. The van der Waals surface area contributed by atoms with Crippen LogP contribution in [0.1, 0.15) is 32.1 Å². The molecule has 0 bridgehead atoms. The SMILES string of the molecule is COc1cc(N2CCCC[C@@H]2C(=O)NCCN2CCCC2)ccc1N. The number of amides is 1. The molecule has 2 saturated heterocycles. The first kappa shape index (κ1) is 17.9. The summed E-state index contributed by atoms with van der Waals surface area (Å²) in [5.41, 5.74) is 7.55. The van der Waals surface area contributed by atoms with Crippen LogP contribution in [-0.4, -0.2) is 56.7 Å². The Balaban J connectivity index is 1.62. The minimum absolute atomic E-state index is 0.111. The van der Waals surface area contributed by atoms with Crippen LogP contribution in [0.3, 0.4) is 0 Å². The Morgan fingerprint density at radius 1 is 1.24 bits per heavy atom. The molecule has 6 nitrogen and oxygen atoms in total. The lowest BCUT2D eigenvalue weighted by Crippen LogP contribution is -2.50. The maximum atomic E-state index is 12.7. The molecule has 3 N–H and O–H groups in total. The summed E-state index contributed by atoms with van der Waals surface area (Å²) < 4.78 is 5.34. The van der Waals surface area contributed by atoms with E-state index in [4.69, 9.17) is 10.5 Å². The van der Waals surface area contributed by atoms with Gasteiger partial charge in [0.05, 0.1) is 12.8 Å². The average Bonchev–Trinajstić information content (AvgIpc) is 3.15. The second kappa shape index (κ2) is 8.43. The van der Waals surface area contributed by atoms with Crippen LogP contribution in [0, 0.1) is 0 Å². The standard InChI is InChI=1S/C19H30N4O2/c1-25-18-14-15(7-8-16(18)20)23-12-3-2-6-17(23)19(24)21-9-13-22-10-4-5-11-22/h7-8,14,17H,2-6,9-13,20H2,1H3,(H,21,24)/t17-/m1/s1. The number of ether oxygens (including phenoxy) is 1. The normalized spacial score (nSPS) is 21.3. The molecule has 2 heterocycles. The van der Waals surface area contributed by atoms with Crippen LogP contribution >= 0.6 is 0 Å². The number of likely N-dealkylation sites (tertiary alicyclic amines) is 1. The maximum Gasteiger partial charge on any atom is 0.242 e. The van der Waals surface area contributed by atoms with Crippen LogP contribution in [0.4, 0.5) is 11.4 Å². The van der Waals surface area contributed by atoms with E-state index in [1.54, 1.807) is 7.11 Å². The topological polar surface area (TPSA) is 70.8 Å². The number of hydrogen-bond donors (Lipinski definition) is 2. The highest BCUT2D eigenvalue weighted by Gasteiger charge is 2.29. The summed E-state index contributed by atoms with van der Waals surface area (Å²) in [5.74, 6) is 0.797. The van der Waals surface area contributed by atoms with Crippen molar-refractivity contribution in [3.63, 3.8) is 0 Å². The van der Waals surface area contributed by atoms with Crippen LogP contribution in [0.2, 0.25) is 0 Å². The van der Waals surface area contributed by atoms with Gasteiger partial charge >= 0.3 is 0 Å². The summed E-state index contributed by atoms with van der Waals surface area (Å²) in [4.78, 5) is 17.4. The molecule has 3 rings (SSSR count). The van der Waals surface area contributed by atoms with Crippen molar-refractivity contribution in [3.05, 3.63) is 18.2 Å². The Hall–Kier alpha value is -1.95. The quantitative estimate of drug-likeness (QED) is 0.769. The number of nitrogens with two attached hydrogens (primary N) is 1. The fourth-order valence-electron chi connectivity index (χ4n) is 3.85. The molecule has 2 fully saturated rings. The third-order valence-electron chi connectivity index (χ3n) is 5.28. The largest absolute Gasteiger partial charge is 0.495 e. The summed E-state index contributed by atoms with van der Waals surface area (Å²) in [5, 5.41) is 3.14. The number of hydrogen-bond acceptors (Lipinski definition) is 5. The zero-order valence-electron chi connectivity index (χ0n) is 15.2. The highest BCUT2D eigenvalue weighted by Crippen LogP contribution is 2.31. The van der Waals surface area contributed by atoms with Gasteiger partial charge in [0.15, 0.2) is 0 Å². The lowest BCUT2D eigenvalue weighted by Gasteiger charge is -2.36. The van der Waals surface area contributed by atoms with E-state index in [0.29, 0.717) is 11.4 Å². The van der Waals surface area contributed by atoms with Gasteiger partial charge < -0.3 is 25.6 Å². The van der Waals surface area contributed by atoms with Crippen molar-refractivity contribution in [2.75, 3.05) is 50.5 Å². The van der Waals surface area contributed by atoms with Crippen molar-refractivity contribution in [1.29, 1.82) is 0 Å². The van der Waals surface area contributed by atoms with Gasteiger partial charge in [-0.1, -0.05) is 0 Å². The highest BCUT2D eigenvalue weighted by molar-refractivity contribution is 5.85. The van der Waals surface area contributed by atoms with Gasteiger partial charge in [-0.25, -0.2) is 0 Å². The summed E-state index contributed by atoms with van der Waals surface area (Å²) >= 11 is 0. The number of piperidine rings is 1. The minimum atomic E-state index is -0.111. The van der Waals surface area contributed by atoms with Crippen LogP contribution in [0.5, 0.6) is 5.75 Å². The van der Waals surface area contributed by atoms with E-state index in [1.165, 1.54) is 12.8 Å². The molecule has 0 spiro atoms. The van der Waals surface area contributed by atoms with Crippen LogP contribution in [0.25, 0.3) is 0 Å². The summed E-state index contributed by atoms with van der Waals surface area (Å²) in [6.07, 6.45) is 5.64. The van der Waals surface area contributed by atoms with Gasteiger partial charge in [-0.3, -0.25) is 4.79 Å². The molecule has 1 atom stereocenters. The number of nitrogens with one attached hydrogen (secondary N) is 1. The Kier molecular flexibility index (Phi) is 6.02. The number of methoxy groups -OCH3 is 1. The van der Waals surface area contributed by atoms with Gasteiger partial charge in [-0.2, -0.15) is 0 Å². The van der Waals surface area contributed by atoms with Gasteiger partial charge in [0.25, 0.3) is 0 Å². The van der Waals surface area contributed by atoms with Crippen molar-refractivity contribution in [3.8, 4) is 5.75 Å². The molecule has 138 valence electrons. The monoisotopic (exact) mass is 346 g/mol. The first-order chi connectivity index (χ1) is 12.2. The molecule has 0 aromatic heterocycles. The highest BCUT2D eigenvalue weighted by atomic mass is 16.5. The summed E-state index contributed by atoms with van der Waals surface area (Å²) in [6.45, 7) is 4.90. The molecule has 2 aliphatic heterocycles. The third-order valence-corrected chi connectivity index (χ3v) is 5.28. The summed E-state index contributed by atoms with van der Waals surface area (Å²) in [7, 11) is 1.62. The Bertz CT molecular complexity index is 587. The molecule has 0 radical (unpaired) electrons. The number of carbonyl (C=O) groups excluding carboxylic acids is 1. The average molecular weight is 346 g/mol. The Morgan fingerprint density at radius 3 is 2.76 bits per heavy atom. The lowest BCUT2D eigenvalue weighted by atomic mass is 10.00. The van der Waals surface area contributed by atoms with E-state index in [9.17, 15) is 4.79 Å². The fourth-order valence-corrected chi connectivity index (χ4v) is 3.85. The fraction of sp³-hybridized carbons (Fsp3) is 0.632. The van der Waals surface area contributed by atoms with E-state index in [1.807, 2.05) is 18.2 Å². The van der Waals surface area contributed by atoms with E-state index in [0.717, 1.165) is 57.7 Å². The van der Waals surface area contributed by atoms with Crippen molar-refractivity contribution in [2.24, 2.45) is 0 Å². The maximum absolute atomic E-state index is 12.7. The first-order valence-electron chi connectivity index (χ1n) is 9.39. The molecular formula is C19H30N4O2. The smallest absolute Gasteiger partial charge is 0.242 e. The number of rotatable bonds is 6. The van der Waals surface area contributed by atoms with Crippen LogP contribution in [0.15, 0.2) is 18.2 Å². The second-order valence-electron chi connectivity index (χ2n) is 6.97. The Morgan fingerprint density at radius 2 is 2.00 bits per heavy atom. The third kappa shape index (κ3) is 4.37. The van der Waals surface area contributed by atoms with Crippen molar-refractivity contribution in [2.45, 2.75) is 38.1 Å². The molecule has 2 aliphatic rings. The van der Waals surface area contributed by atoms with Gasteiger partial charge in [0, 0.05) is 31.4 Å². The molecule has 0 unspecified atom stereocenters. The van der Waals surface area contributed by atoms with Gasteiger partial charge in [0.2, 0.25) is 5.91 Å². The number of nitrogen functional groups attached to an aromatic ring is 1. The molecule has 0 saturated carbocycles. The van der Waals surface area contributed by atoms with Gasteiger partial charge in [-0.05, 0) is 57.3 Å². The zero-order chi connectivity index (χ0) is 17.6. The Labute approximate surface area is 150 Å². The number of carbonyl (C=O) groups is 1. The number of anilines is 2. The number of nitrogens with zero attached hydrogens (tertiary/aromatic N) is 2. The van der Waals surface area contributed by atoms with E-state index < -0.39 is 0 Å². The molecular weight excluding hydrogens is 316 g/mol. The predicted molar refractivity (Wildman–Crippen MR) is 101 cm³/mol. The predicted octanol–water partition coefficient (Wildman–Crippen LogP) is 1.85. The molecule has 25 heavy (non-hydrogen) atoms. The molecule has 0 aliphatic carbocycles. The van der Waals surface area contributed by atoms with Crippen molar-refractivity contribution in [1.82, 2.24) is 10.2 Å². The van der Waals surface area contributed by atoms with E-state index in [2.05, 4.69) is 15.1 Å². The van der Waals surface area contributed by atoms with Crippen LogP contribution in [-0.2, 0) is 4.79 Å². The molecule has 1 aromatic rings. The zero-order valence-corrected chi connectivity index (χ0v) is 15.2. The van der Waals surface area contributed by atoms with Crippen molar-refractivity contribution < 1.29 is 9.53 Å². The van der Waals surface area contributed by atoms with Gasteiger partial charge in [0.1, 0.15) is 11.8 Å². The van der Waals surface area contributed by atoms with Gasteiger partial charge in [-0.15, -0.1) is 0 Å². The molecule has 1 amide bonds. The number of benzene rings is 1. The van der Waals surface area contributed by atoms with Crippen LogP contribution < -0.4 is 20.7 Å². The van der Waals surface area contributed by atoms with E-state index >= 15 is 0 Å². The minimum Gasteiger partial charge on any atom is -0.495 e. The summed E-state index contributed by atoms with van der Waals surface area (Å²) in [6, 6.07) is 5.66. The first-order valence-corrected chi connectivity index (χ1v) is 9.39. The van der Waals surface area contributed by atoms with E-state index in [-0.39, 0.29) is 11.9 Å². The molecule has 1 aromatic carbocycles. The van der Waals surface area contributed by atoms with Crippen molar-refractivity contribution >= 4 is 17.3 Å².